The molecule has 1 aromatic rings. The smallest absolute Gasteiger partial charge is 0.0619 e. The summed E-state index contributed by atoms with van der Waals surface area (Å²) in [6, 6.07) is 0. The van der Waals surface area contributed by atoms with Crippen molar-refractivity contribution in [3.63, 3.8) is 0 Å². The van der Waals surface area contributed by atoms with Crippen LogP contribution in [0.4, 0.5) is 5.69 Å². The van der Waals surface area contributed by atoms with Gasteiger partial charge >= 0.3 is 0 Å². The van der Waals surface area contributed by atoms with Gasteiger partial charge in [0.2, 0.25) is 0 Å². The van der Waals surface area contributed by atoms with Gasteiger partial charge in [-0.2, -0.15) is 0 Å². The van der Waals surface area contributed by atoms with Crippen molar-refractivity contribution in [1.29, 1.82) is 0 Å². The van der Waals surface area contributed by atoms with Gasteiger partial charge in [-0.3, -0.25) is 0 Å². The van der Waals surface area contributed by atoms with Gasteiger partial charge in [0.05, 0.1) is 10.2 Å². The third kappa shape index (κ3) is 1.84. The molecule has 1 saturated heterocycles. The molecule has 0 bridgehead atoms. The summed E-state index contributed by atoms with van der Waals surface area (Å²) in [7, 11) is 0. The van der Waals surface area contributed by atoms with E-state index < -0.39 is 0 Å². The van der Waals surface area contributed by atoms with Crippen molar-refractivity contribution in [3.8, 4) is 0 Å². The average Bonchev–Trinajstić information content (AvgIpc) is 2.30. The molecule has 0 aliphatic carbocycles. The van der Waals surface area contributed by atoms with Crippen molar-refractivity contribution < 1.29 is 0 Å². The van der Waals surface area contributed by atoms with Crippen LogP contribution >= 0.6 is 27.3 Å². The maximum atomic E-state index is 3.58. The van der Waals surface area contributed by atoms with E-state index in [1.54, 1.807) is 11.3 Å². The molecule has 0 atom stereocenters. The average molecular weight is 274 g/mol. The molecule has 0 radical (unpaired) electrons. The Kier molecular flexibility index (Phi) is 2.64. The van der Waals surface area contributed by atoms with Crippen molar-refractivity contribution in [2.24, 2.45) is 11.3 Å². The van der Waals surface area contributed by atoms with Crippen molar-refractivity contribution in [3.05, 3.63) is 15.2 Å². The fourth-order valence-corrected chi connectivity index (χ4v) is 3.28. The summed E-state index contributed by atoms with van der Waals surface area (Å²) < 4.78 is 1.25. The molecular weight excluding hydrogens is 258 g/mol. The highest BCUT2D eigenvalue weighted by Gasteiger charge is 2.36. The molecule has 1 nitrogen and oxygen atoms in total. The minimum absolute atomic E-state index is 0.457. The molecule has 0 aromatic carbocycles. The van der Waals surface area contributed by atoms with Crippen molar-refractivity contribution in [1.82, 2.24) is 0 Å². The Bertz CT molecular complexity index is 320. The molecule has 1 fully saturated rings. The van der Waals surface area contributed by atoms with Gasteiger partial charge in [-0.1, -0.05) is 20.8 Å². The van der Waals surface area contributed by atoms with Crippen molar-refractivity contribution >= 4 is 33.0 Å². The molecule has 0 unspecified atom stereocenters. The summed E-state index contributed by atoms with van der Waals surface area (Å²) in [5.74, 6) is 0.842. The van der Waals surface area contributed by atoms with E-state index in [9.17, 15) is 0 Å². The van der Waals surface area contributed by atoms with Gasteiger partial charge in [0.15, 0.2) is 0 Å². The van der Waals surface area contributed by atoms with Gasteiger partial charge in [-0.25, -0.2) is 0 Å². The minimum Gasteiger partial charge on any atom is -0.369 e. The first-order valence-corrected chi connectivity index (χ1v) is 6.68. The zero-order chi connectivity index (χ0) is 10.3. The Morgan fingerprint density at radius 2 is 2.00 bits per heavy atom. The molecule has 1 aliphatic heterocycles. The number of nitrogens with zero attached hydrogens (tertiary/aromatic N) is 1. The lowest BCUT2D eigenvalue weighted by Gasteiger charge is -2.47. The van der Waals surface area contributed by atoms with Crippen LogP contribution in [0.5, 0.6) is 0 Å². The number of halogens is 1. The van der Waals surface area contributed by atoms with E-state index in [2.05, 4.69) is 52.4 Å². The van der Waals surface area contributed by atoms with Crippen LogP contribution in [0.3, 0.4) is 0 Å². The predicted molar refractivity (Wildman–Crippen MR) is 67.2 cm³/mol. The first kappa shape index (κ1) is 10.5. The highest BCUT2D eigenvalue weighted by molar-refractivity contribution is 9.10. The molecule has 14 heavy (non-hydrogen) atoms. The van der Waals surface area contributed by atoms with Crippen LogP contribution in [0.1, 0.15) is 20.8 Å². The number of rotatable bonds is 1. The second-order valence-electron chi connectivity index (χ2n) is 5.07. The third-order valence-electron chi connectivity index (χ3n) is 3.04. The first-order chi connectivity index (χ1) is 6.48. The first-order valence-electron chi connectivity index (χ1n) is 4.95. The molecule has 0 N–H and O–H groups in total. The maximum Gasteiger partial charge on any atom is 0.0619 e. The molecule has 0 spiro atoms. The molecule has 1 aliphatic rings. The van der Waals surface area contributed by atoms with Crippen LogP contribution in [-0.4, -0.2) is 13.1 Å². The highest BCUT2D eigenvalue weighted by Crippen LogP contribution is 2.40. The van der Waals surface area contributed by atoms with Crippen LogP contribution in [0, 0.1) is 11.3 Å². The van der Waals surface area contributed by atoms with E-state index in [1.807, 2.05) is 0 Å². The van der Waals surface area contributed by atoms with E-state index in [0.717, 1.165) is 5.92 Å². The third-order valence-corrected chi connectivity index (χ3v) is 4.71. The summed E-state index contributed by atoms with van der Waals surface area (Å²) in [6.45, 7) is 9.41. The van der Waals surface area contributed by atoms with Gasteiger partial charge < -0.3 is 4.90 Å². The lowest BCUT2D eigenvalue weighted by molar-refractivity contribution is 0.195. The second-order valence-corrected chi connectivity index (χ2v) is 6.67. The summed E-state index contributed by atoms with van der Waals surface area (Å²) in [5, 5.41) is 4.38. The molecule has 3 heteroatoms. The molecule has 0 amide bonds. The molecular formula is C11H16BrNS. The molecule has 2 rings (SSSR count). The van der Waals surface area contributed by atoms with Crippen molar-refractivity contribution in [2.75, 3.05) is 18.0 Å². The van der Waals surface area contributed by atoms with Crippen LogP contribution in [-0.2, 0) is 0 Å². The Morgan fingerprint density at radius 1 is 1.36 bits per heavy atom. The van der Waals surface area contributed by atoms with Gasteiger partial charge in [-0.15, -0.1) is 11.3 Å². The summed E-state index contributed by atoms with van der Waals surface area (Å²) in [5.41, 5.74) is 1.83. The van der Waals surface area contributed by atoms with E-state index in [4.69, 9.17) is 0 Å². The standard InChI is InChI=1S/C11H16BrNS/c1-11(2,3)8-4-13(5-8)10-7-14-6-9(10)12/h6-8H,4-5H2,1-3H3. The van der Waals surface area contributed by atoms with Gasteiger partial charge in [0.1, 0.15) is 0 Å². The largest absolute Gasteiger partial charge is 0.369 e. The molecule has 78 valence electrons. The zero-order valence-corrected chi connectivity index (χ0v) is 11.3. The van der Waals surface area contributed by atoms with E-state index >= 15 is 0 Å². The normalized spacial score (nSPS) is 18.4. The molecule has 0 saturated carbocycles. The Morgan fingerprint density at radius 3 is 2.43 bits per heavy atom. The SMILES string of the molecule is CC(C)(C)C1CN(c2cscc2Br)C1. The van der Waals surface area contributed by atoms with E-state index in [0.29, 0.717) is 5.41 Å². The highest BCUT2D eigenvalue weighted by atomic mass is 79.9. The molecule has 1 aromatic heterocycles. The zero-order valence-electron chi connectivity index (χ0n) is 8.88. The lowest BCUT2D eigenvalue weighted by atomic mass is 9.76. The summed E-state index contributed by atoms with van der Waals surface area (Å²) >= 11 is 5.34. The Balaban J connectivity index is 1.99. The number of anilines is 1. The number of hydrogen-bond acceptors (Lipinski definition) is 2. The summed E-state index contributed by atoms with van der Waals surface area (Å²) in [6.07, 6.45) is 0. The van der Waals surface area contributed by atoms with Crippen LogP contribution in [0.25, 0.3) is 0 Å². The van der Waals surface area contributed by atoms with Crippen LogP contribution in [0.15, 0.2) is 15.2 Å². The van der Waals surface area contributed by atoms with Gasteiger partial charge in [0, 0.05) is 23.8 Å². The van der Waals surface area contributed by atoms with Gasteiger partial charge in [-0.05, 0) is 27.3 Å². The molecule has 2 heterocycles. The fraction of sp³-hybridized carbons (Fsp3) is 0.636. The van der Waals surface area contributed by atoms with E-state index in [-0.39, 0.29) is 0 Å². The monoisotopic (exact) mass is 273 g/mol. The summed E-state index contributed by atoms with van der Waals surface area (Å²) in [4.78, 5) is 2.45. The van der Waals surface area contributed by atoms with Crippen molar-refractivity contribution in [2.45, 2.75) is 20.8 Å². The Hall–Kier alpha value is -0.0200. The Labute approximate surface area is 98.2 Å². The van der Waals surface area contributed by atoms with E-state index in [1.165, 1.54) is 23.2 Å². The van der Waals surface area contributed by atoms with Crippen LogP contribution in [0.2, 0.25) is 0 Å². The van der Waals surface area contributed by atoms with Crippen LogP contribution < -0.4 is 4.90 Å². The second kappa shape index (κ2) is 3.53. The lowest BCUT2D eigenvalue weighted by Crippen LogP contribution is -2.52. The van der Waals surface area contributed by atoms with Gasteiger partial charge in [0.25, 0.3) is 0 Å². The number of thiophene rings is 1. The minimum atomic E-state index is 0.457. The quantitative estimate of drug-likeness (QED) is 0.748. The topological polar surface area (TPSA) is 3.24 Å². The number of hydrogen-bond donors (Lipinski definition) is 0. The predicted octanol–water partition coefficient (Wildman–Crippen LogP) is 3.99. The fourth-order valence-electron chi connectivity index (χ4n) is 1.72. The maximum absolute atomic E-state index is 3.58.